The van der Waals surface area contributed by atoms with Gasteiger partial charge in [0.15, 0.2) is 11.5 Å². The minimum absolute atomic E-state index is 0.192. The van der Waals surface area contributed by atoms with Crippen LogP contribution in [0.15, 0.2) is 30.3 Å². The van der Waals surface area contributed by atoms with Gasteiger partial charge in [-0.3, -0.25) is 0 Å². The maximum atomic E-state index is 5.74. The number of anilines is 1. The van der Waals surface area contributed by atoms with Crippen molar-refractivity contribution in [1.82, 2.24) is 0 Å². The van der Waals surface area contributed by atoms with Crippen LogP contribution in [0.1, 0.15) is 25.0 Å². The fourth-order valence-corrected chi connectivity index (χ4v) is 3.43. The van der Waals surface area contributed by atoms with Crippen LogP contribution in [-0.4, -0.2) is 13.3 Å². The summed E-state index contributed by atoms with van der Waals surface area (Å²) in [6, 6.07) is 10.8. The van der Waals surface area contributed by atoms with E-state index in [1.54, 1.807) is 0 Å². The Morgan fingerprint density at radius 1 is 1.14 bits per heavy atom. The van der Waals surface area contributed by atoms with Crippen LogP contribution in [0.5, 0.6) is 11.5 Å². The molecule has 2 heterocycles. The molecule has 0 N–H and O–H groups in total. The van der Waals surface area contributed by atoms with E-state index < -0.39 is 0 Å². The Bertz CT molecular complexity index is 723. The van der Waals surface area contributed by atoms with Crippen molar-refractivity contribution in [3.8, 4) is 22.6 Å². The monoisotopic (exact) mass is 281 g/mol. The van der Waals surface area contributed by atoms with E-state index >= 15 is 0 Å². The summed E-state index contributed by atoms with van der Waals surface area (Å²) in [6.07, 6.45) is 0.854. The van der Waals surface area contributed by atoms with Gasteiger partial charge in [-0.2, -0.15) is 0 Å². The third-order valence-corrected chi connectivity index (χ3v) is 4.34. The van der Waals surface area contributed by atoms with E-state index in [1.807, 2.05) is 6.92 Å². The molecule has 0 saturated heterocycles. The molecule has 21 heavy (non-hydrogen) atoms. The van der Waals surface area contributed by atoms with Gasteiger partial charge in [0.05, 0.1) is 0 Å². The molecule has 2 aromatic rings. The number of aryl methyl sites for hydroxylation is 1. The van der Waals surface area contributed by atoms with Gasteiger partial charge in [-0.1, -0.05) is 25.1 Å². The summed E-state index contributed by atoms with van der Waals surface area (Å²) in [5.41, 5.74) is 6.61. The van der Waals surface area contributed by atoms with Gasteiger partial charge in [-0.25, -0.2) is 0 Å². The molecule has 0 spiro atoms. The first kappa shape index (κ1) is 12.6. The Labute approximate surface area is 125 Å². The van der Waals surface area contributed by atoms with E-state index in [1.165, 1.54) is 27.9 Å². The zero-order valence-corrected chi connectivity index (χ0v) is 12.6. The highest BCUT2D eigenvalue weighted by atomic mass is 16.7. The largest absolute Gasteiger partial charge is 0.451 e. The van der Waals surface area contributed by atoms with Crippen molar-refractivity contribution in [2.24, 2.45) is 0 Å². The number of rotatable bonds is 1. The highest BCUT2D eigenvalue weighted by Gasteiger charge is 2.27. The highest BCUT2D eigenvalue weighted by molar-refractivity contribution is 5.87. The SMILES string of the molecule is CCc1cccc2c1N(C)Cc1cc3c(cc1-2)OC(C)O3. The summed E-state index contributed by atoms with van der Waals surface area (Å²) in [5, 5.41) is 0. The van der Waals surface area contributed by atoms with Gasteiger partial charge in [0.2, 0.25) is 6.29 Å². The number of ether oxygens (including phenoxy) is 2. The van der Waals surface area contributed by atoms with Crippen molar-refractivity contribution in [3.05, 3.63) is 41.5 Å². The van der Waals surface area contributed by atoms with Crippen LogP contribution in [-0.2, 0) is 13.0 Å². The van der Waals surface area contributed by atoms with Crippen molar-refractivity contribution < 1.29 is 9.47 Å². The van der Waals surface area contributed by atoms with Gasteiger partial charge >= 0.3 is 0 Å². The number of fused-ring (bicyclic) bond motifs is 4. The number of benzene rings is 2. The summed E-state index contributed by atoms with van der Waals surface area (Å²) in [4.78, 5) is 2.34. The first-order valence-corrected chi connectivity index (χ1v) is 7.51. The Kier molecular flexibility index (Phi) is 2.64. The summed E-state index contributed by atoms with van der Waals surface area (Å²) >= 11 is 0. The smallest absolute Gasteiger partial charge is 0.238 e. The standard InChI is InChI=1S/C18H19NO2/c1-4-12-6-5-7-14-15-9-17-16(20-11(2)21-17)8-13(15)10-19(3)18(12)14/h5-9,11H,4,10H2,1-3H3. The predicted octanol–water partition coefficient (Wildman–Crippen LogP) is 3.98. The number of nitrogens with zero attached hydrogens (tertiary/aromatic N) is 1. The van der Waals surface area contributed by atoms with Gasteiger partial charge in [0.1, 0.15) is 0 Å². The lowest BCUT2D eigenvalue weighted by atomic mass is 9.90. The first-order chi connectivity index (χ1) is 10.2. The third-order valence-electron chi connectivity index (χ3n) is 4.34. The molecule has 0 radical (unpaired) electrons. The second-order valence-corrected chi connectivity index (χ2v) is 5.78. The number of hydrogen-bond donors (Lipinski definition) is 0. The predicted molar refractivity (Wildman–Crippen MR) is 84.1 cm³/mol. The van der Waals surface area contributed by atoms with Crippen molar-refractivity contribution >= 4 is 5.69 Å². The zero-order valence-electron chi connectivity index (χ0n) is 12.6. The van der Waals surface area contributed by atoms with Gasteiger partial charge in [-0.15, -0.1) is 0 Å². The second kappa shape index (κ2) is 4.42. The summed E-state index contributed by atoms with van der Waals surface area (Å²) in [5.74, 6) is 1.73. The van der Waals surface area contributed by atoms with Crippen LogP contribution < -0.4 is 14.4 Å². The lowest BCUT2D eigenvalue weighted by molar-refractivity contribution is 0.0678. The van der Waals surface area contributed by atoms with Crippen LogP contribution in [0, 0.1) is 0 Å². The Morgan fingerprint density at radius 2 is 1.90 bits per heavy atom. The normalized spacial score (nSPS) is 18.4. The van der Waals surface area contributed by atoms with Crippen LogP contribution in [0.3, 0.4) is 0 Å². The molecule has 108 valence electrons. The Balaban J connectivity index is 1.94. The van der Waals surface area contributed by atoms with Gasteiger partial charge in [0.25, 0.3) is 0 Å². The van der Waals surface area contributed by atoms with Gasteiger partial charge in [0, 0.05) is 31.8 Å². The minimum Gasteiger partial charge on any atom is -0.451 e. The summed E-state index contributed by atoms with van der Waals surface area (Å²) in [7, 11) is 2.16. The van der Waals surface area contributed by atoms with Gasteiger partial charge < -0.3 is 14.4 Å². The lowest BCUT2D eigenvalue weighted by Crippen LogP contribution is -2.23. The third kappa shape index (κ3) is 1.80. The fraction of sp³-hybridized carbons (Fsp3) is 0.333. The molecule has 0 aromatic heterocycles. The van der Waals surface area contributed by atoms with Gasteiger partial charge in [-0.05, 0) is 35.2 Å². The van der Waals surface area contributed by atoms with E-state index in [0.717, 1.165) is 24.5 Å². The average Bonchev–Trinajstić information content (AvgIpc) is 2.84. The maximum Gasteiger partial charge on any atom is 0.238 e. The molecule has 2 aliphatic rings. The van der Waals surface area contributed by atoms with E-state index in [-0.39, 0.29) is 6.29 Å². The molecule has 2 aromatic carbocycles. The van der Waals surface area contributed by atoms with E-state index in [0.29, 0.717) is 0 Å². The zero-order chi connectivity index (χ0) is 14.6. The second-order valence-electron chi connectivity index (χ2n) is 5.78. The molecule has 1 atom stereocenters. The summed E-state index contributed by atoms with van der Waals surface area (Å²) in [6.45, 7) is 5.04. The molecule has 3 heteroatoms. The van der Waals surface area contributed by atoms with E-state index in [2.05, 4.69) is 49.2 Å². The highest BCUT2D eigenvalue weighted by Crippen LogP contribution is 2.46. The fourth-order valence-electron chi connectivity index (χ4n) is 3.43. The van der Waals surface area contributed by atoms with Crippen molar-refractivity contribution in [3.63, 3.8) is 0 Å². The molecule has 4 rings (SSSR count). The first-order valence-electron chi connectivity index (χ1n) is 7.51. The maximum absolute atomic E-state index is 5.74. The topological polar surface area (TPSA) is 21.7 Å². The quantitative estimate of drug-likeness (QED) is 0.789. The molecule has 0 aliphatic carbocycles. The molecule has 0 saturated carbocycles. The van der Waals surface area contributed by atoms with E-state index in [9.17, 15) is 0 Å². The van der Waals surface area contributed by atoms with Crippen LogP contribution in [0.25, 0.3) is 11.1 Å². The molecule has 2 aliphatic heterocycles. The van der Waals surface area contributed by atoms with Crippen molar-refractivity contribution in [1.29, 1.82) is 0 Å². The molecule has 3 nitrogen and oxygen atoms in total. The van der Waals surface area contributed by atoms with Crippen molar-refractivity contribution in [2.75, 3.05) is 11.9 Å². The molecular weight excluding hydrogens is 262 g/mol. The van der Waals surface area contributed by atoms with Crippen molar-refractivity contribution in [2.45, 2.75) is 33.1 Å². The Morgan fingerprint density at radius 3 is 2.67 bits per heavy atom. The van der Waals surface area contributed by atoms with Crippen LogP contribution in [0.4, 0.5) is 5.69 Å². The van der Waals surface area contributed by atoms with Crippen LogP contribution >= 0.6 is 0 Å². The molecule has 1 unspecified atom stereocenters. The van der Waals surface area contributed by atoms with E-state index in [4.69, 9.17) is 9.47 Å². The Hall–Kier alpha value is -2.16. The van der Waals surface area contributed by atoms with Crippen LogP contribution in [0.2, 0.25) is 0 Å². The number of para-hydroxylation sites is 1. The average molecular weight is 281 g/mol. The summed E-state index contributed by atoms with van der Waals surface area (Å²) < 4.78 is 11.4. The molecule has 0 fully saturated rings. The molecule has 0 amide bonds. The number of hydrogen-bond acceptors (Lipinski definition) is 3. The lowest BCUT2D eigenvalue weighted by Gasteiger charge is -2.31. The molecular formula is C18H19NO2. The minimum atomic E-state index is -0.192. The molecule has 0 bridgehead atoms.